The molecule has 1 unspecified atom stereocenters. The lowest BCUT2D eigenvalue weighted by Crippen LogP contribution is -2.44. The summed E-state index contributed by atoms with van der Waals surface area (Å²) in [6.07, 6.45) is 0.157. The van der Waals surface area contributed by atoms with Crippen LogP contribution in [0.5, 0.6) is 0 Å². The SMILES string of the molecule is CCOC(=O)NC(CNC(=O)c1ccccc1F)CC(C)C. The maximum Gasteiger partial charge on any atom is 0.407 e. The molecule has 0 aromatic heterocycles. The van der Waals surface area contributed by atoms with Crippen molar-refractivity contribution in [3.05, 3.63) is 35.6 Å². The van der Waals surface area contributed by atoms with Crippen molar-refractivity contribution in [1.29, 1.82) is 0 Å². The van der Waals surface area contributed by atoms with E-state index in [-0.39, 0.29) is 24.8 Å². The van der Waals surface area contributed by atoms with E-state index in [2.05, 4.69) is 10.6 Å². The maximum atomic E-state index is 13.5. The number of alkyl carbamates (subject to hydrolysis) is 1. The molecule has 22 heavy (non-hydrogen) atoms. The number of hydrogen-bond donors (Lipinski definition) is 2. The summed E-state index contributed by atoms with van der Waals surface area (Å²) >= 11 is 0. The van der Waals surface area contributed by atoms with Crippen molar-refractivity contribution in [2.75, 3.05) is 13.2 Å². The third-order valence-corrected chi connectivity index (χ3v) is 2.98. The van der Waals surface area contributed by atoms with Gasteiger partial charge in [-0.25, -0.2) is 9.18 Å². The topological polar surface area (TPSA) is 67.4 Å². The predicted molar refractivity (Wildman–Crippen MR) is 82.1 cm³/mol. The first-order valence-electron chi connectivity index (χ1n) is 7.40. The minimum atomic E-state index is -0.571. The Bertz CT molecular complexity index is 506. The van der Waals surface area contributed by atoms with Crippen molar-refractivity contribution < 1.29 is 18.7 Å². The number of halogens is 1. The van der Waals surface area contributed by atoms with E-state index in [1.54, 1.807) is 13.0 Å². The van der Waals surface area contributed by atoms with Gasteiger partial charge in [0.25, 0.3) is 5.91 Å². The molecule has 6 heteroatoms. The number of amides is 2. The average molecular weight is 310 g/mol. The van der Waals surface area contributed by atoms with E-state index in [1.807, 2.05) is 13.8 Å². The van der Waals surface area contributed by atoms with Gasteiger partial charge in [0.2, 0.25) is 0 Å². The molecule has 1 atom stereocenters. The number of benzene rings is 1. The Morgan fingerprint density at radius 2 is 1.95 bits per heavy atom. The summed E-state index contributed by atoms with van der Waals surface area (Å²) < 4.78 is 18.4. The van der Waals surface area contributed by atoms with Crippen LogP contribution in [0.2, 0.25) is 0 Å². The molecular formula is C16H23FN2O3. The highest BCUT2D eigenvalue weighted by Crippen LogP contribution is 2.07. The minimum Gasteiger partial charge on any atom is -0.450 e. The van der Waals surface area contributed by atoms with E-state index < -0.39 is 17.8 Å². The second-order valence-electron chi connectivity index (χ2n) is 5.38. The summed E-state index contributed by atoms with van der Waals surface area (Å²) in [6.45, 7) is 6.24. The average Bonchev–Trinajstić information content (AvgIpc) is 2.44. The molecule has 5 nitrogen and oxygen atoms in total. The minimum absolute atomic E-state index is 0.0121. The Kier molecular flexibility index (Phi) is 7.36. The lowest BCUT2D eigenvalue weighted by atomic mass is 10.0. The highest BCUT2D eigenvalue weighted by molar-refractivity contribution is 5.94. The van der Waals surface area contributed by atoms with E-state index in [9.17, 15) is 14.0 Å². The molecule has 0 aliphatic rings. The molecule has 2 amide bonds. The molecule has 0 saturated heterocycles. The third kappa shape index (κ3) is 6.11. The molecule has 0 radical (unpaired) electrons. The Hall–Kier alpha value is -2.11. The van der Waals surface area contributed by atoms with Crippen molar-refractivity contribution in [3.8, 4) is 0 Å². The van der Waals surface area contributed by atoms with Gasteiger partial charge in [0, 0.05) is 12.6 Å². The Morgan fingerprint density at radius 1 is 1.27 bits per heavy atom. The highest BCUT2D eigenvalue weighted by atomic mass is 19.1. The Balaban J connectivity index is 2.60. The maximum absolute atomic E-state index is 13.5. The molecule has 0 aliphatic heterocycles. The number of nitrogens with one attached hydrogen (secondary N) is 2. The number of hydrogen-bond acceptors (Lipinski definition) is 3. The summed E-state index contributed by atoms with van der Waals surface area (Å²) in [6, 6.07) is 5.50. The summed E-state index contributed by atoms with van der Waals surface area (Å²) in [5, 5.41) is 5.34. The molecule has 1 aromatic rings. The normalized spacial score (nSPS) is 11.9. The smallest absolute Gasteiger partial charge is 0.407 e. The van der Waals surface area contributed by atoms with Crippen LogP contribution in [0.25, 0.3) is 0 Å². The van der Waals surface area contributed by atoms with Crippen molar-refractivity contribution in [3.63, 3.8) is 0 Å². The fourth-order valence-corrected chi connectivity index (χ4v) is 2.06. The zero-order valence-corrected chi connectivity index (χ0v) is 13.2. The van der Waals surface area contributed by atoms with Crippen LogP contribution in [-0.4, -0.2) is 31.2 Å². The van der Waals surface area contributed by atoms with Crippen molar-refractivity contribution in [2.24, 2.45) is 5.92 Å². The summed E-state index contributed by atoms with van der Waals surface area (Å²) in [5.74, 6) is -0.742. The van der Waals surface area contributed by atoms with Crippen LogP contribution in [0, 0.1) is 11.7 Å². The molecule has 1 aromatic carbocycles. The van der Waals surface area contributed by atoms with Gasteiger partial charge in [-0.2, -0.15) is 0 Å². The van der Waals surface area contributed by atoms with Gasteiger partial charge in [0.1, 0.15) is 5.82 Å². The van der Waals surface area contributed by atoms with Crippen LogP contribution in [0.4, 0.5) is 9.18 Å². The van der Waals surface area contributed by atoms with Gasteiger partial charge in [-0.3, -0.25) is 4.79 Å². The second-order valence-corrected chi connectivity index (χ2v) is 5.38. The van der Waals surface area contributed by atoms with Crippen LogP contribution in [-0.2, 0) is 4.74 Å². The Morgan fingerprint density at radius 3 is 2.55 bits per heavy atom. The van der Waals surface area contributed by atoms with Gasteiger partial charge in [-0.15, -0.1) is 0 Å². The van der Waals surface area contributed by atoms with Crippen LogP contribution < -0.4 is 10.6 Å². The standard InChI is InChI=1S/C16H23FN2O3/c1-4-22-16(21)19-12(9-11(2)3)10-18-15(20)13-7-5-6-8-14(13)17/h5-8,11-12H,4,9-10H2,1-3H3,(H,18,20)(H,19,21). The van der Waals surface area contributed by atoms with E-state index in [1.165, 1.54) is 18.2 Å². The van der Waals surface area contributed by atoms with Crippen molar-refractivity contribution in [2.45, 2.75) is 33.2 Å². The predicted octanol–water partition coefficient (Wildman–Crippen LogP) is 2.72. The summed E-state index contributed by atoms with van der Waals surface area (Å²) in [5.41, 5.74) is -0.0121. The first-order chi connectivity index (χ1) is 10.4. The van der Waals surface area contributed by atoms with Crippen molar-refractivity contribution >= 4 is 12.0 Å². The number of rotatable bonds is 7. The first-order valence-corrected chi connectivity index (χ1v) is 7.40. The molecule has 0 spiro atoms. The van der Waals surface area contributed by atoms with Crippen LogP contribution in [0.15, 0.2) is 24.3 Å². The fourth-order valence-electron chi connectivity index (χ4n) is 2.06. The molecular weight excluding hydrogens is 287 g/mol. The summed E-state index contributed by atoms with van der Waals surface area (Å²) in [7, 11) is 0. The molecule has 1 rings (SSSR count). The summed E-state index contributed by atoms with van der Waals surface area (Å²) in [4.78, 5) is 23.5. The lowest BCUT2D eigenvalue weighted by Gasteiger charge is -2.20. The number of carbonyl (C=O) groups is 2. The van der Waals surface area contributed by atoms with E-state index in [0.717, 1.165) is 0 Å². The third-order valence-electron chi connectivity index (χ3n) is 2.98. The molecule has 0 heterocycles. The van der Waals surface area contributed by atoms with Crippen molar-refractivity contribution in [1.82, 2.24) is 10.6 Å². The van der Waals surface area contributed by atoms with E-state index in [4.69, 9.17) is 4.74 Å². The van der Waals surface area contributed by atoms with E-state index in [0.29, 0.717) is 12.3 Å². The fraction of sp³-hybridized carbons (Fsp3) is 0.500. The Labute approximate surface area is 130 Å². The quantitative estimate of drug-likeness (QED) is 0.813. The first kappa shape index (κ1) is 17.9. The molecule has 0 fully saturated rings. The van der Waals surface area contributed by atoms with Gasteiger partial charge in [0.05, 0.1) is 12.2 Å². The van der Waals surface area contributed by atoms with Crippen LogP contribution >= 0.6 is 0 Å². The number of carbonyl (C=O) groups excluding carboxylic acids is 2. The highest BCUT2D eigenvalue weighted by Gasteiger charge is 2.17. The molecule has 0 saturated carbocycles. The van der Waals surface area contributed by atoms with Gasteiger partial charge < -0.3 is 15.4 Å². The van der Waals surface area contributed by atoms with Crippen LogP contribution in [0.1, 0.15) is 37.6 Å². The molecule has 122 valence electrons. The van der Waals surface area contributed by atoms with Gasteiger partial charge in [-0.05, 0) is 31.4 Å². The number of ether oxygens (including phenoxy) is 1. The monoisotopic (exact) mass is 310 g/mol. The van der Waals surface area contributed by atoms with Crippen LogP contribution in [0.3, 0.4) is 0 Å². The largest absolute Gasteiger partial charge is 0.450 e. The zero-order chi connectivity index (χ0) is 16.5. The van der Waals surface area contributed by atoms with Gasteiger partial charge >= 0.3 is 6.09 Å². The zero-order valence-electron chi connectivity index (χ0n) is 13.2. The van der Waals surface area contributed by atoms with Gasteiger partial charge in [-0.1, -0.05) is 26.0 Å². The van der Waals surface area contributed by atoms with Gasteiger partial charge in [0.15, 0.2) is 0 Å². The molecule has 0 bridgehead atoms. The molecule has 0 aliphatic carbocycles. The second kappa shape index (κ2) is 9.02. The molecule has 2 N–H and O–H groups in total. The van der Waals surface area contributed by atoms with E-state index >= 15 is 0 Å². The lowest BCUT2D eigenvalue weighted by molar-refractivity contribution is 0.0940.